The number of carbonyl (C=O) groups is 2. The summed E-state index contributed by atoms with van der Waals surface area (Å²) < 4.78 is 0. The topological polar surface area (TPSA) is 147 Å². The molecule has 0 aliphatic heterocycles. The molecule has 0 saturated heterocycles. The smallest absolute Gasteiger partial charge is 0.322 e. The minimum Gasteiger partial charge on any atom is -0.480 e. The molecule has 0 aliphatic carbocycles. The average Bonchev–Trinajstić information content (AvgIpc) is 2.15. The number of aliphatic hydroxyl groups is 1. The molecule has 0 radical (unpaired) electrons. The van der Waals surface area contributed by atoms with Gasteiger partial charge in [0.15, 0.2) is 0 Å². The van der Waals surface area contributed by atoms with E-state index in [9.17, 15) is 9.59 Å². The van der Waals surface area contributed by atoms with Crippen LogP contribution in [0.5, 0.6) is 0 Å². The third-order valence-corrected chi connectivity index (χ3v) is 1.42. The molecule has 0 aromatic heterocycles. The van der Waals surface area contributed by atoms with E-state index < -0.39 is 30.6 Å². The van der Waals surface area contributed by atoms with Gasteiger partial charge in [-0.15, -0.1) is 0 Å². The molecule has 0 heterocycles. The molecule has 84 valence electrons. The Morgan fingerprint density at radius 3 is 1.50 bits per heavy atom. The maximum Gasteiger partial charge on any atom is 0.322 e. The molecule has 0 aromatic rings. The van der Waals surface area contributed by atoms with Gasteiger partial charge in [0, 0.05) is 5.75 Å². The van der Waals surface area contributed by atoms with Crippen molar-refractivity contribution in [3.8, 4) is 0 Å². The van der Waals surface area contributed by atoms with Crippen LogP contribution < -0.4 is 11.5 Å². The normalized spacial score (nSPS) is 13.4. The number of hydrogen-bond donors (Lipinski definition) is 6. The third kappa shape index (κ3) is 9.26. The second kappa shape index (κ2) is 8.75. The lowest BCUT2D eigenvalue weighted by molar-refractivity contribution is -0.139. The first-order valence-corrected chi connectivity index (χ1v) is 4.18. The van der Waals surface area contributed by atoms with Crippen molar-refractivity contribution >= 4 is 24.6 Å². The van der Waals surface area contributed by atoms with Crippen molar-refractivity contribution in [2.45, 2.75) is 12.1 Å². The Morgan fingerprint density at radius 2 is 1.50 bits per heavy atom. The van der Waals surface area contributed by atoms with E-state index in [1.807, 2.05) is 0 Å². The van der Waals surface area contributed by atoms with Gasteiger partial charge in [0.05, 0.1) is 6.61 Å². The summed E-state index contributed by atoms with van der Waals surface area (Å²) in [6.07, 6.45) is 0. The van der Waals surface area contributed by atoms with Crippen LogP contribution in [0.4, 0.5) is 0 Å². The first kappa shape index (κ1) is 15.6. The zero-order chi connectivity index (χ0) is 11.7. The highest BCUT2D eigenvalue weighted by atomic mass is 32.1. The number of rotatable bonds is 4. The summed E-state index contributed by atoms with van der Waals surface area (Å²) in [6, 6.07) is -1.94. The van der Waals surface area contributed by atoms with Crippen LogP contribution in [0.25, 0.3) is 0 Å². The van der Waals surface area contributed by atoms with Gasteiger partial charge in [0.25, 0.3) is 0 Å². The highest BCUT2D eigenvalue weighted by Crippen LogP contribution is 1.80. The van der Waals surface area contributed by atoms with Crippen LogP contribution >= 0.6 is 12.6 Å². The highest BCUT2D eigenvalue weighted by Gasteiger charge is 2.07. The summed E-state index contributed by atoms with van der Waals surface area (Å²) in [5.41, 5.74) is 9.71. The van der Waals surface area contributed by atoms with Gasteiger partial charge in [-0.2, -0.15) is 12.6 Å². The van der Waals surface area contributed by atoms with Gasteiger partial charge in [-0.25, -0.2) is 0 Å². The quantitative estimate of drug-likeness (QED) is 0.296. The minimum absolute atomic E-state index is 0.190. The Labute approximate surface area is 86.1 Å². The largest absolute Gasteiger partial charge is 0.480 e. The van der Waals surface area contributed by atoms with Gasteiger partial charge >= 0.3 is 11.9 Å². The molecular formula is C6H14N2O5S. The monoisotopic (exact) mass is 226 g/mol. The second-order valence-electron chi connectivity index (χ2n) is 2.25. The maximum atomic E-state index is 9.76. The Kier molecular flexibility index (Phi) is 9.78. The van der Waals surface area contributed by atoms with Gasteiger partial charge in [-0.05, 0) is 0 Å². The maximum absolute atomic E-state index is 9.76. The van der Waals surface area contributed by atoms with E-state index in [1.165, 1.54) is 0 Å². The van der Waals surface area contributed by atoms with Crippen LogP contribution in [0.1, 0.15) is 0 Å². The number of aliphatic hydroxyl groups excluding tert-OH is 1. The summed E-state index contributed by atoms with van der Waals surface area (Å²) in [5.74, 6) is -1.99. The molecule has 0 saturated carbocycles. The standard InChI is InChI=1S/C3H7NO3.C3H7NO2S/c4-2(1-5)3(6)7;4-2(1-7)3(5)6/h2,5H,1,4H2,(H,6,7);2,7H,1,4H2,(H,5,6)/t2*2-/m00/s1. The lowest BCUT2D eigenvalue weighted by atomic mass is 10.3. The molecular weight excluding hydrogens is 212 g/mol. The fraction of sp³-hybridized carbons (Fsp3) is 0.667. The summed E-state index contributed by atoms with van der Waals surface area (Å²) in [4.78, 5) is 19.4. The van der Waals surface area contributed by atoms with Crippen LogP contribution in [0.3, 0.4) is 0 Å². The molecule has 2 atom stereocenters. The summed E-state index contributed by atoms with van der Waals surface area (Å²) in [7, 11) is 0. The van der Waals surface area contributed by atoms with Crippen LogP contribution in [-0.2, 0) is 9.59 Å². The second-order valence-corrected chi connectivity index (χ2v) is 2.62. The lowest BCUT2D eigenvalue weighted by Gasteiger charge is -1.96. The third-order valence-electron chi connectivity index (χ3n) is 1.03. The van der Waals surface area contributed by atoms with Crippen molar-refractivity contribution in [2.75, 3.05) is 12.4 Å². The number of hydrogen-bond acceptors (Lipinski definition) is 6. The predicted molar refractivity (Wildman–Crippen MR) is 52.2 cm³/mol. The molecule has 14 heavy (non-hydrogen) atoms. The average molecular weight is 226 g/mol. The van der Waals surface area contributed by atoms with E-state index in [4.69, 9.17) is 26.8 Å². The molecule has 0 amide bonds. The number of nitrogens with two attached hydrogens (primary N) is 2. The van der Waals surface area contributed by atoms with E-state index >= 15 is 0 Å². The predicted octanol–water partition coefficient (Wildman–Crippen LogP) is -2.28. The van der Waals surface area contributed by atoms with E-state index in [0.29, 0.717) is 0 Å². The van der Waals surface area contributed by atoms with Crippen LogP contribution in [0.15, 0.2) is 0 Å². The fourth-order valence-corrected chi connectivity index (χ4v) is 0.312. The molecule has 0 spiro atoms. The number of carboxylic acids is 2. The van der Waals surface area contributed by atoms with Gasteiger partial charge in [-0.3, -0.25) is 9.59 Å². The first-order chi connectivity index (χ1) is 6.36. The van der Waals surface area contributed by atoms with Crippen LogP contribution in [0.2, 0.25) is 0 Å². The van der Waals surface area contributed by atoms with Gasteiger partial charge in [0.1, 0.15) is 12.1 Å². The molecule has 7 N–H and O–H groups in total. The molecule has 7 nitrogen and oxygen atoms in total. The molecule has 0 aromatic carbocycles. The van der Waals surface area contributed by atoms with E-state index in [-0.39, 0.29) is 5.75 Å². The van der Waals surface area contributed by atoms with Crippen LogP contribution in [0, 0.1) is 0 Å². The van der Waals surface area contributed by atoms with Crippen molar-refractivity contribution in [2.24, 2.45) is 11.5 Å². The molecule has 0 aliphatic rings. The van der Waals surface area contributed by atoms with E-state index in [1.54, 1.807) is 0 Å². The van der Waals surface area contributed by atoms with Crippen molar-refractivity contribution in [1.82, 2.24) is 0 Å². The number of aliphatic carboxylic acids is 2. The van der Waals surface area contributed by atoms with Gasteiger partial charge in [0.2, 0.25) is 0 Å². The Balaban J connectivity index is 0. The number of thiol groups is 1. The molecule has 8 heteroatoms. The fourth-order valence-electron chi connectivity index (χ4n) is 0.156. The Morgan fingerprint density at radius 1 is 1.14 bits per heavy atom. The lowest BCUT2D eigenvalue weighted by Crippen LogP contribution is -2.33. The van der Waals surface area contributed by atoms with Gasteiger partial charge < -0.3 is 26.8 Å². The molecule has 0 fully saturated rings. The SMILES string of the molecule is N[C@@H](CO)C(=O)O.N[C@@H](CS)C(=O)O. The molecule has 0 bridgehead atoms. The Bertz CT molecular complexity index is 169. The minimum atomic E-state index is -1.18. The van der Waals surface area contributed by atoms with Crippen molar-refractivity contribution < 1.29 is 24.9 Å². The highest BCUT2D eigenvalue weighted by molar-refractivity contribution is 7.80. The van der Waals surface area contributed by atoms with Gasteiger partial charge in [-0.1, -0.05) is 0 Å². The summed E-state index contributed by atoms with van der Waals surface area (Å²) in [5, 5.41) is 23.9. The van der Waals surface area contributed by atoms with Crippen molar-refractivity contribution in [1.29, 1.82) is 0 Å². The van der Waals surface area contributed by atoms with Crippen molar-refractivity contribution in [3.63, 3.8) is 0 Å². The molecule has 0 rings (SSSR count). The van der Waals surface area contributed by atoms with Crippen molar-refractivity contribution in [3.05, 3.63) is 0 Å². The number of carboxylic acid groups (broad SMARTS) is 2. The van der Waals surface area contributed by atoms with Crippen LogP contribution in [-0.4, -0.2) is 51.7 Å². The summed E-state index contributed by atoms with van der Waals surface area (Å²) in [6.45, 7) is -0.505. The van der Waals surface area contributed by atoms with E-state index in [2.05, 4.69) is 12.6 Å². The molecule has 0 unspecified atom stereocenters. The zero-order valence-corrected chi connectivity index (χ0v) is 8.22. The Hall–Kier alpha value is -0.830. The first-order valence-electron chi connectivity index (χ1n) is 3.55. The zero-order valence-electron chi connectivity index (χ0n) is 7.33. The van der Waals surface area contributed by atoms with E-state index in [0.717, 1.165) is 0 Å². The summed E-state index contributed by atoms with van der Waals surface area (Å²) >= 11 is 3.65.